The lowest BCUT2D eigenvalue weighted by Gasteiger charge is -2.05. The van der Waals surface area contributed by atoms with Crippen LogP contribution in [-0.4, -0.2) is 11.1 Å². The second-order valence-corrected chi connectivity index (χ2v) is 3.22. The number of aliphatic imine (C=N–C) groups is 1. The Kier molecular flexibility index (Phi) is 3.43. The molecule has 0 saturated carbocycles. The first-order valence-corrected chi connectivity index (χ1v) is 4.28. The van der Waals surface area contributed by atoms with E-state index < -0.39 is 0 Å². The molecule has 1 heterocycles. The zero-order chi connectivity index (χ0) is 9.84. The van der Waals surface area contributed by atoms with E-state index in [2.05, 4.69) is 9.98 Å². The Bertz CT molecular complexity index is 361. The molecule has 1 unspecified atom stereocenters. The molecule has 1 aromatic rings. The van der Waals surface area contributed by atoms with Crippen molar-refractivity contribution < 1.29 is 4.79 Å². The van der Waals surface area contributed by atoms with Gasteiger partial charge in [0.15, 0.2) is 0 Å². The number of nitrogens with zero attached hydrogens (tertiary/aromatic N) is 2. The van der Waals surface area contributed by atoms with E-state index in [1.807, 2.05) is 0 Å². The quantitative estimate of drug-likeness (QED) is 0.434. The highest BCUT2D eigenvalue weighted by Gasteiger charge is 2.08. The number of halogens is 2. The summed E-state index contributed by atoms with van der Waals surface area (Å²) >= 11 is 11.4. The van der Waals surface area contributed by atoms with Gasteiger partial charge < -0.3 is 0 Å². The third-order valence-corrected chi connectivity index (χ3v) is 2.08. The summed E-state index contributed by atoms with van der Waals surface area (Å²) in [5, 5.41) is 0.766. The SMILES string of the molecule is CC(N=C=O)c1cnc(Cl)cc1Cl. The maximum Gasteiger partial charge on any atom is 0.235 e. The molecule has 0 saturated heterocycles. The van der Waals surface area contributed by atoms with Crippen LogP contribution in [0.1, 0.15) is 18.5 Å². The number of carbonyl (C=O) groups excluding carboxylic acids is 1. The summed E-state index contributed by atoms with van der Waals surface area (Å²) in [5.41, 5.74) is 0.661. The molecule has 0 fully saturated rings. The molecule has 0 N–H and O–H groups in total. The van der Waals surface area contributed by atoms with E-state index in [0.717, 1.165) is 0 Å². The largest absolute Gasteiger partial charge is 0.244 e. The van der Waals surface area contributed by atoms with Crippen LogP contribution < -0.4 is 0 Å². The number of aromatic nitrogens is 1. The number of hydrogen-bond acceptors (Lipinski definition) is 3. The van der Waals surface area contributed by atoms with Gasteiger partial charge in [-0.2, -0.15) is 4.99 Å². The highest BCUT2D eigenvalue weighted by atomic mass is 35.5. The van der Waals surface area contributed by atoms with Crippen molar-refractivity contribution in [3.8, 4) is 0 Å². The Balaban J connectivity index is 3.08. The first-order chi connectivity index (χ1) is 6.15. The van der Waals surface area contributed by atoms with Crippen LogP contribution in [0, 0.1) is 0 Å². The van der Waals surface area contributed by atoms with E-state index in [1.165, 1.54) is 18.3 Å². The van der Waals surface area contributed by atoms with Gasteiger partial charge in [-0.15, -0.1) is 0 Å². The molecule has 0 spiro atoms. The summed E-state index contributed by atoms with van der Waals surface area (Å²) in [6.07, 6.45) is 2.96. The van der Waals surface area contributed by atoms with Crippen molar-refractivity contribution in [3.05, 3.63) is 28.0 Å². The van der Waals surface area contributed by atoms with E-state index in [4.69, 9.17) is 23.2 Å². The van der Waals surface area contributed by atoms with Crippen LogP contribution in [0.2, 0.25) is 10.2 Å². The predicted octanol–water partition coefficient (Wildman–Crippen LogP) is 2.79. The van der Waals surface area contributed by atoms with E-state index in [9.17, 15) is 4.79 Å². The van der Waals surface area contributed by atoms with Crippen LogP contribution in [0.4, 0.5) is 0 Å². The number of isocyanates is 1. The van der Waals surface area contributed by atoms with Crippen molar-refractivity contribution >= 4 is 29.3 Å². The Labute approximate surface area is 85.4 Å². The Hall–Kier alpha value is -0.890. The van der Waals surface area contributed by atoms with Crippen LogP contribution in [0.3, 0.4) is 0 Å². The van der Waals surface area contributed by atoms with Gasteiger partial charge in [-0.3, -0.25) is 0 Å². The van der Waals surface area contributed by atoms with Crippen LogP contribution in [0.25, 0.3) is 0 Å². The fourth-order valence-electron chi connectivity index (χ4n) is 0.874. The molecule has 0 amide bonds. The molecule has 1 aromatic heterocycles. The maximum atomic E-state index is 9.99. The Morgan fingerprint density at radius 3 is 2.85 bits per heavy atom. The van der Waals surface area contributed by atoms with Gasteiger partial charge in [0.1, 0.15) is 5.15 Å². The Morgan fingerprint density at radius 2 is 2.31 bits per heavy atom. The van der Waals surface area contributed by atoms with Gasteiger partial charge in [-0.05, 0) is 13.0 Å². The molecule has 1 rings (SSSR count). The molecule has 1 atom stereocenters. The lowest BCUT2D eigenvalue weighted by molar-refractivity contribution is 0.559. The molecule has 0 aromatic carbocycles. The lowest BCUT2D eigenvalue weighted by atomic mass is 10.1. The normalized spacial score (nSPS) is 11.9. The number of pyridine rings is 1. The molecule has 5 heteroatoms. The highest BCUT2D eigenvalue weighted by Crippen LogP contribution is 2.25. The molecule has 13 heavy (non-hydrogen) atoms. The van der Waals surface area contributed by atoms with Crippen LogP contribution in [-0.2, 0) is 4.79 Å². The average Bonchev–Trinajstić information content (AvgIpc) is 2.04. The minimum absolute atomic E-state index is 0.316. The van der Waals surface area contributed by atoms with Crippen molar-refractivity contribution in [2.45, 2.75) is 13.0 Å². The smallest absolute Gasteiger partial charge is 0.235 e. The van der Waals surface area contributed by atoms with Crippen LogP contribution in [0.15, 0.2) is 17.3 Å². The van der Waals surface area contributed by atoms with E-state index in [-0.39, 0.29) is 6.04 Å². The fraction of sp³-hybridized carbons (Fsp3) is 0.250. The van der Waals surface area contributed by atoms with E-state index in [0.29, 0.717) is 15.7 Å². The molecule has 0 aliphatic rings. The topological polar surface area (TPSA) is 42.3 Å². The van der Waals surface area contributed by atoms with Gasteiger partial charge in [0.25, 0.3) is 0 Å². The molecule has 68 valence electrons. The van der Waals surface area contributed by atoms with E-state index >= 15 is 0 Å². The van der Waals surface area contributed by atoms with Gasteiger partial charge in [0, 0.05) is 11.8 Å². The van der Waals surface area contributed by atoms with Gasteiger partial charge >= 0.3 is 0 Å². The van der Waals surface area contributed by atoms with E-state index in [1.54, 1.807) is 6.92 Å². The van der Waals surface area contributed by atoms with Gasteiger partial charge in [-0.25, -0.2) is 9.78 Å². The average molecular weight is 217 g/mol. The third-order valence-electron chi connectivity index (χ3n) is 1.55. The second kappa shape index (κ2) is 4.38. The second-order valence-electron chi connectivity index (χ2n) is 2.42. The lowest BCUT2D eigenvalue weighted by Crippen LogP contribution is -1.92. The monoisotopic (exact) mass is 216 g/mol. The third kappa shape index (κ3) is 2.52. The highest BCUT2D eigenvalue weighted by molar-refractivity contribution is 6.34. The van der Waals surface area contributed by atoms with Crippen LogP contribution >= 0.6 is 23.2 Å². The molecule has 0 radical (unpaired) electrons. The first kappa shape index (κ1) is 10.2. The maximum absolute atomic E-state index is 9.99. The standard InChI is InChI=1S/C8H6Cl2N2O/c1-5(12-4-13)6-3-11-8(10)2-7(6)9/h2-3,5H,1H3. The van der Waals surface area contributed by atoms with Crippen molar-refractivity contribution in [2.75, 3.05) is 0 Å². The summed E-state index contributed by atoms with van der Waals surface area (Å²) in [7, 11) is 0. The van der Waals surface area contributed by atoms with Crippen molar-refractivity contribution in [3.63, 3.8) is 0 Å². The van der Waals surface area contributed by atoms with Gasteiger partial charge in [-0.1, -0.05) is 23.2 Å². The van der Waals surface area contributed by atoms with Crippen molar-refractivity contribution in [1.29, 1.82) is 0 Å². The minimum Gasteiger partial charge on any atom is -0.244 e. The Morgan fingerprint density at radius 1 is 1.62 bits per heavy atom. The van der Waals surface area contributed by atoms with Gasteiger partial charge in [0.2, 0.25) is 6.08 Å². The predicted molar refractivity (Wildman–Crippen MR) is 50.8 cm³/mol. The summed E-state index contributed by atoms with van der Waals surface area (Å²) in [6.45, 7) is 1.72. The summed E-state index contributed by atoms with van der Waals surface area (Å²) < 4.78 is 0. The minimum atomic E-state index is -0.338. The molecule has 0 aliphatic carbocycles. The van der Waals surface area contributed by atoms with Crippen molar-refractivity contribution in [2.24, 2.45) is 4.99 Å². The van der Waals surface area contributed by atoms with Crippen molar-refractivity contribution in [1.82, 2.24) is 4.98 Å². The molecular weight excluding hydrogens is 211 g/mol. The summed E-state index contributed by atoms with van der Waals surface area (Å²) in [5.74, 6) is 0. The zero-order valence-electron chi connectivity index (χ0n) is 6.79. The fourth-order valence-corrected chi connectivity index (χ4v) is 1.40. The first-order valence-electron chi connectivity index (χ1n) is 3.53. The molecule has 0 aliphatic heterocycles. The van der Waals surface area contributed by atoms with Gasteiger partial charge in [0.05, 0.1) is 11.1 Å². The van der Waals surface area contributed by atoms with Crippen LogP contribution in [0.5, 0.6) is 0 Å². The summed E-state index contributed by atoms with van der Waals surface area (Å²) in [4.78, 5) is 17.3. The summed E-state index contributed by atoms with van der Waals surface area (Å²) in [6, 6.07) is 1.17. The molecule has 3 nitrogen and oxygen atoms in total. The zero-order valence-corrected chi connectivity index (χ0v) is 8.30. The molecular formula is C8H6Cl2N2O. The molecule has 0 bridgehead atoms. The number of rotatable bonds is 2. The number of hydrogen-bond donors (Lipinski definition) is 0.